The fourth-order valence-electron chi connectivity index (χ4n) is 1.04. The van der Waals surface area contributed by atoms with Gasteiger partial charge in [-0.25, -0.2) is 0 Å². The van der Waals surface area contributed by atoms with Crippen molar-refractivity contribution in [3.05, 3.63) is 29.8 Å². The Labute approximate surface area is 88.4 Å². The third-order valence-electron chi connectivity index (χ3n) is 1.80. The molecule has 0 fully saturated rings. The summed E-state index contributed by atoms with van der Waals surface area (Å²) < 4.78 is 5.09. The van der Waals surface area contributed by atoms with Crippen molar-refractivity contribution in [1.82, 2.24) is 0 Å². The van der Waals surface area contributed by atoms with Gasteiger partial charge < -0.3 is 16.2 Å². The average Bonchev–Trinajstić information content (AvgIpc) is 2.26. The number of benzene rings is 1. The van der Waals surface area contributed by atoms with Gasteiger partial charge in [0.2, 0.25) is 5.96 Å². The molecule has 5 nitrogen and oxygen atoms in total. The van der Waals surface area contributed by atoms with Crippen LogP contribution in [0.25, 0.3) is 0 Å². The zero-order valence-corrected chi connectivity index (χ0v) is 8.77. The maximum absolute atomic E-state index is 5.17. The van der Waals surface area contributed by atoms with Crippen molar-refractivity contribution in [2.24, 2.45) is 21.7 Å². The van der Waals surface area contributed by atoms with Gasteiger partial charge in [0.15, 0.2) is 0 Å². The first kappa shape index (κ1) is 11.0. The number of ether oxygens (including phenoxy) is 1. The monoisotopic (exact) mass is 206 g/mol. The van der Waals surface area contributed by atoms with E-state index in [1.54, 1.807) is 7.11 Å². The molecular formula is C10H14N4O. The summed E-state index contributed by atoms with van der Waals surface area (Å²) in [5.41, 5.74) is 12.0. The van der Waals surface area contributed by atoms with Crippen LogP contribution >= 0.6 is 0 Å². The normalized spacial score (nSPS) is 10.9. The number of nitrogens with zero attached hydrogens (tertiary/aromatic N) is 2. The highest BCUT2D eigenvalue weighted by Crippen LogP contribution is 2.13. The Morgan fingerprint density at radius 3 is 2.60 bits per heavy atom. The van der Waals surface area contributed by atoms with Crippen LogP contribution < -0.4 is 16.2 Å². The van der Waals surface area contributed by atoms with Crippen LogP contribution in [0.2, 0.25) is 0 Å². The van der Waals surface area contributed by atoms with Crippen molar-refractivity contribution in [2.75, 3.05) is 7.11 Å². The standard InChI is InChI=1S/C10H14N4O/c1-7(13-14-10(11)12)8-4-3-5-9(6-8)15-2/h3-6H,1-2H3,(H4,11,12,14)/b13-7-. The molecule has 1 aromatic carbocycles. The Hall–Kier alpha value is -2.04. The summed E-state index contributed by atoms with van der Waals surface area (Å²) in [6, 6.07) is 7.50. The molecule has 4 N–H and O–H groups in total. The van der Waals surface area contributed by atoms with Crippen molar-refractivity contribution in [2.45, 2.75) is 6.92 Å². The molecule has 0 aliphatic rings. The number of hydrogen-bond acceptors (Lipinski definition) is 3. The largest absolute Gasteiger partial charge is 0.497 e. The first-order valence-electron chi connectivity index (χ1n) is 4.41. The lowest BCUT2D eigenvalue weighted by molar-refractivity contribution is 0.414. The van der Waals surface area contributed by atoms with E-state index in [1.807, 2.05) is 31.2 Å². The maximum atomic E-state index is 5.17. The SMILES string of the molecule is COc1cccc(/C(C)=N\N=C(N)N)c1. The Balaban J connectivity index is 2.95. The Bertz CT molecular complexity index is 394. The predicted molar refractivity (Wildman–Crippen MR) is 61.0 cm³/mol. The smallest absolute Gasteiger partial charge is 0.211 e. The molecular weight excluding hydrogens is 192 g/mol. The molecule has 0 saturated heterocycles. The van der Waals surface area contributed by atoms with Gasteiger partial charge in [0, 0.05) is 5.56 Å². The minimum absolute atomic E-state index is 0.0581. The summed E-state index contributed by atoms with van der Waals surface area (Å²) in [7, 11) is 1.61. The molecule has 0 aromatic heterocycles. The second kappa shape index (κ2) is 4.99. The third-order valence-corrected chi connectivity index (χ3v) is 1.80. The van der Waals surface area contributed by atoms with E-state index < -0.39 is 0 Å². The zero-order valence-electron chi connectivity index (χ0n) is 8.77. The Kier molecular flexibility index (Phi) is 3.68. The van der Waals surface area contributed by atoms with Gasteiger partial charge in [-0.05, 0) is 19.1 Å². The highest BCUT2D eigenvalue weighted by atomic mass is 16.5. The van der Waals surface area contributed by atoms with E-state index in [-0.39, 0.29) is 5.96 Å². The van der Waals surface area contributed by atoms with E-state index in [2.05, 4.69) is 10.2 Å². The zero-order chi connectivity index (χ0) is 11.3. The number of hydrogen-bond donors (Lipinski definition) is 2. The molecule has 80 valence electrons. The summed E-state index contributed by atoms with van der Waals surface area (Å²) in [6.07, 6.45) is 0. The average molecular weight is 206 g/mol. The fourth-order valence-corrected chi connectivity index (χ4v) is 1.04. The van der Waals surface area contributed by atoms with E-state index >= 15 is 0 Å². The van der Waals surface area contributed by atoms with Crippen LogP contribution in [0, 0.1) is 0 Å². The van der Waals surface area contributed by atoms with Gasteiger partial charge in [0.25, 0.3) is 0 Å². The van der Waals surface area contributed by atoms with E-state index in [9.17, 15) is 0 Å². The van der Waals surface area contributed by atoms with Crippen LogP contribution in [-0.4, -0.2) is 18.8 Å². The lowest BCUT2D eigenvalue weighted by atomic mass is 10.1. The Morgan fingerprint density at radius 2 is 2.00 bits per heavy atom. The van der Waals surface area contributed by atoms with Gasteiger partial charge in [-0.3, -0.25) is 0 Å². The molecule has 0 unspecified atom stereocenters. The molecule has 0 heterocycles. The molecule has 0 aliphatic heterocycles. The first-order chi connectivity index (χ1) is 7.13. The molecule has 0 spiro atoms. The highest BCUT2D eigenvalue weighted by molar-refractivity contribution is 5.99. The highest BCUT2D eigenvalue weighted by Gasteiger charge is 1.98. The third kappa shape index (κ3) is 3.30. The lowest BCUT2D eigenvalue weighted by Crippen LogP contribution is -2.22. The van der Waals surface area contributed by atoms with Crippen molar-refractivity contribution < 1.29 is 4.74 Å². The molecule has 0 aliphatic carbocycles. The summed E-state index contributed by atoms with van der Waals surface area (Å²) >= 11 is 0. The van der Waals surface area contributed by atoms with E-state index in [0.717, 1.165) is 17.0 Å². The van der Waals surface area contributed by atoms with Crippen molar-refractivity contribution in [3.8, 4) is 5.75 Å². The first-order valence-corrected chi connectivity index (χ1v) is 4.41. The molecule has 15 heavy (non-hydrogen) atoms. The lowest BCUT2D eigenvalue weighted by Gasteiger charge is -2.02. The van der Waals surface area contributed by atoms with Crippen molar-refractivity contribution >= 4 is 11.7 Å². The molecule has 1 aromatic rings. The van der Waals surface area contributed by atoms with E-state index in [4.69, 9.17) is 16.2 Å². The summed E-state index contributed by atoms with van der Waals surface area (Å²) in [4.78, 5) is 0. The quantitative estimate of drug-likeness (QED) is 0.433. The molecule has 1 rings (SSSR count). The maximum Gasteiger partial charge on any atom is 0.211 e. The molecule has 0 radical (unpaired) electrons. The summed E-state index contributed by atoms with van der Waals surface area (Å²) in [6.45, 7) is 1.82. The minimum atomic E-state index is -0.0581. The topological polar surface area (TPSA) is 86.0 Å². The van der Waals surface area contributed by atoms with Crippen LogP contribution in [0.15, 0.2) is 34.5 Å². The number of nitrogens with two attached hydrogens (primary N) is 2. The Morgan fingerprint density at radius 1 is 1.27 bits per heavy atom. The molecule has 0 atom stereocenters. The molecule has 5 heteroatoms. The van der Waals surface area contributed by atoms with Gasteiger partial charge in [-0.1, -0.05) is 12.1 Å². The van der Waals surface area contributed by atoms with Gasteiger partial charge in [-0.2, -0.15) is 5.10 Å². The number of guanidine groups is 1. The number of methoxy groups -OCH3 is 1. The molecule has 0 saturated carbocycles. The van der Waals surface area contributed by atoms with E-state index in [0.29, 0.717) is 0 Å². The molecule has 0 bridgehead atoms. The van der Waals surface area contributed by atoms with Crippen LogP contribution in [0.5, 0.6) is 5.75 Å². The van der Waals surface area contributed by atoms with Gasteiger partial charge in [0.05, 0.1) is 12.8 Å². The second-order valence-corrected chi connectivity index (χ2v) is 2.94. The van der Waals surface area contributed by atoms with E-state index in [1.165, 1.54) is 0 Å². The second-order valence-electron chi connectivity index (χ2n) is 2.94. The summed E-state index contributed by atoms with van der Waals surface area (Å²) in [5.74, 6) is 0.712. The predicted octanol–water partition coefficient (Wildman–Crippen LogP) is 0.693. The molecule has 0 amide bonds. The summed E-state index contributed by atoms with van der Waals surface area (Å²) in [5, 5.41) is 7.44. The van der Waals surface area contributed by atoms with Crippen LogP contribution in [0.4, 0.5) is 0 Å². The van der Waals surface area contributed by atoms with Crippen molar-refractivity contribution in [3.63, 3.8) is 0 Å². The van der Waals surface area contributed by atoms with Crippen LogP contribution in [-0.2, 0) is 0 Å². The van der Waals surface area contributed by atoms with Gasteiger partial charge >= 0.3 is 0 Å². The van der Waals surface area contributed by atoms with Crippen molar-refractivity contribution in [1.29, 1.82) is 0 Å². The minimum Gasteiger partial charge on any atom is -0.497 e. The fraction of sp³-hybridized carbons (Fsp3) is 0.200. The van der Waals surface area contributed by atoms with Gasteiger partial charge in [0.1, 0.15) is 5.75 Å². The van der Waals surface area contributed by atoms with Crippen LogP contribution in [0.1, 0.15) is 12.5 Å². The van der Waals surface area contributed by atoms with Crippen LogP contribution in [0.3, 0.4) is 0 Å². The number of rotatable bonds is 3. The van der Waals surface area contributed by atoms with Gasteiger partial charge in [-0.15, -0.1) is 5.10 Å².